The highest BCUT2D eigenvalue weighted by Gasteiger charge is 2.24. The van der Waals surface area contributed by atoms with Crippen LogP contribution in [0.15, 0.2) is 93.8 Å². The lowest BCUT2D eigenvalue weighted by Crippen LogP contribution is -2.28. The molecule has 1 aliphatic rings. The molecule has 2 heterocycles. The summed E-state index contributed by atoms with van der Waals surface area (Å²) in [6.07, 6.45) is 3.40. The predicted octanol–water partition coefficient (Wildman–Crippen LogP) is 6.05. The molecule has 1 aromatic heterocycles. The molecule has 0 aliphatic carbocycles. The minimum Gasteiger partial charge on any atom is -0.352 e. The number of nitrogens with one attached hydrogen (secondary N) is 1. The molecule has 7 heteroatoms. The first-order chi connectivity index (χ1) is 15.5. The van der Waals surface area contributed by atoms with E-state index in [0.29, 0.717) is 11.3 Å². The van der Waals surface area contributed by atoms with Gasteiger partial charge < -0.3 is 5.32 Å². The summed E-state index contributed by atoms with van der Waals surface area (Å²) >= 11 is 1.57. The summed E-state index contributed by atoms with van der Waals surface area (Å²) in [6, 6.07) is 18.8. The number of fused-ring (bicyclic) bond motifs is 2. The molecule has 32 heavy (non-hydrogen) atoms. The van der Waals surface area contributed by atoms with Crippen molar-refractivity contribution in [3.63, 3.8) is 0 Å². The van der Waals surface area contributed by atoms with E-state index in [-0.39, 0.29) is 6.54 Å². The predicted molar refractivity (Wildman–Crippen MR) is 123 cm³/mol. The maximum Gasteiger partial charge on any atom is 0.268 e. The third kappa shape index (κ3) is 4.94. The van der Waals surface area contributed by atoms with Gasteiger partial charge in [-0.05, 0) is 49.4 Å². The Morgan fingerprint density at radius 3 is 2.69 bits per heavy atom. The standard InChI is InChI=1S/C25H21F2N3OS/c1-2-12-25(26,27)13-15-29-24(31)17-10-11-22-20(16-17)30-23(19-8-5-6-14-28-19)18-7-3-4-9-21(18)32-22/h2-12,14,16H,13,15H2,1H3,(H,29,31)/b12-2+. The monoisotopic (exact) mass is 449 g/mol. The molecule has 0 fully saturated rings. The average Bonchev–Trinajstić information content (AvgIpc) is 2.95. The fourth-order valence-electron chi connectivity index (χ4n) is 3.35. The molecule has 4 nitrogen and oxygen atoms in total. The number of pyridine rings is 1. The van der Waals surface area contributed by atoms with Gasteiger partial charge in [-0.25, -0.2) is 13.8 Å². The Hall–Kier alpha value is -3.32. The normalized spacial score (nSPS) is 13.2. The second-order valence-electron chi connectivity index (χ2n) is 7.22. The van der Waals surface area contributed by atoms with Crippen LogP contribution in [0.5, 0.6) is 0 Å². The Morgan fingerprint density at radius 2 is 1.91 bits per heavy atom. The van der Waals surface area contributed by atoms with Crippen LogP contribution in [0, 0.1) is 0 Å². The number of amides is 1. The number of alkyl halides is 2. The van der Waals surface area contributed by atoms with Crippen LogP contribution >= 0.6 is 11.8 Å². The number of carbonyl (C=O) groups is 1. The van der Waals surface area contributed by atoms with Gasteiger partial charge >= 0.3 is 0 Å². The Kier molecular flexibility index (Phi) is 6.46. The Bertz CT molecular complexity index is 1190. The maximum atomic E-state index is 13.6. The van der Waals surface area contributed by atoms with Gasteiger partial charge in [0, 0.05) is 40.1 Å². The van der Waals surface area contributed by atoms with Crippen molar-refractivity contribution in [3.8, 4) is 0 Å². The smallest absolute Gasteiger partial charge is 0.268 e. The molecule has 1 amide bonds. The summed E-state index contributed by atoms with van der Waals surface area (Å²) in [5.41, 5.74) is 3.42. The molecular formula is C25H21F2N3OS. The molecule has 4 rings (SSSR count). The summed E-state index contributed by atoms with van der Waals surface area (Å²) in [6.45, 7) is 1.41. The van der Waals surface area contributed by atoms with Crippen LogP contribution in [-0.2, 0) is 0 Å². The van der Waals surface area contributed by atoms with Gasteiger partial charge in [0.05, 0.1) is 17.1 Å². The number of rotatable bonds is 6. The number of carbonyl (C=O) groups excluding carboxylic acids is 1. The van der Waals surface area contributed by atoms with Crippen molar-refractivity contribution >= 4 is 29.1 Å². The average molecular weight is 450 g/mol. The first kappa shape index (κ1) is 21.9. The zero-order chi connectivity index (χ0) is 22.6. The van der Waals surface area contributed by atoms with Gasteiger partial charge in [0.1, 0.15) is 0 Å². The summed E-state index contributed by atoms with van der Waals surface area (Å²) in [5.74, 6) is -3.36. The third-order valence-corrected chi connectivity index (χ3v) is 6.02. The van der Waals surface area contributed by atoms with Gasteiger partial charge in [-0.15, -0.1) is 0 Å². The largest absolute Gasteiger partial charge is 0.352 e. The van der Waals surface area contributed by atoms with E-state index in [1.54, 1.807) is 30.1 Å². The first-order valence-corrected chi connectivity index (χ1v) is 11.0. The van der Waals surface area contributed by atoms with Crippen LogP contribution in [-0.4, -0.2) is 29.1 Å². The Labute approximate surface area is 189 Å². The van der Waals surface area contributed by atoms with Gasteiger partial charge in [0.2, 0.25) is 0 Å². The van der Waals surface area contributed by atoms with Crippen LogP contribution in [0.2, 0.25) is 0 Å². The maximum absolute atomic E-state index is 13.6. The molecule has 0 spiro atoms. The molecule has 1 N–H and O–H groups in total. The highest BCUT2D eigenvalue weighted by molar-refractivity contribution is 7.99. The van der Waals surface area contributed by atoms with Gasteiger partial charge in [0.25, 0.3) is 11.8 Å². The van der Waals surface area contributed by atoms with E-state index in [4.69, 9.17) is 4.99 Å². The number of halogens is 2. The third-order valence-electron chi connectivity index (χ3n) is 4.88. The fraction of sp³-hybridized carbons (Fsp3) is 0.160. The van der Waals surface area contributed by atoms with E-state index in [9.17, 15) is 13.6 Å². The summed E-state index contributed by atoms with van der Waals surface area (Å²) in [4.78, 5) is 23.8. The van der Waals surface area contributed by atoms with E-state index in [1.807, 2.05) is 48.5 Å². The van der Waals surface area contributed by atoms with Crippen LogP contribution in [0.1, 0.15) is 35.0 Å². The van der Waals surface area contributed by atoms with Gasteiger partial charge in [-0.1, -0.05) is 42.1 Å². The van der Waals surface area contributed by atoms with Crippen molar-refractivity contribution in [1.82, 2.24) is 10.3 Å². The van der Waals surface area contributed by atoms with E-state index in [0.717, 1.165) is 32.8 Å². The van der Waals surface area contributed by atoms with Gasteiger partial charge in [0.15, 0.2) is 0 Å². The quantitative estimate of drug-likeness (QED) is 0.365. The molecule has 162 valence electrons. The number of hydrogen-bond donors (Lipinski definition) is 1. The topological polar surface area (TPSA) is 54.4 Å². The first-order valence-electron chi connectivity index (χ1n) is 10.2. The highest BCUT2D eigenvalue weighted by atomic mass is 32.2. The number of aromatic nitrogens is 1. The minimum absolute atomic E-state index is 0.129. The van der Waals surface area contributed by atoms with Crippen LogP contribution in [0.4, 0.5) is 14.5 Å². The van der Waals surface area contributed by atoms with E-state index in [2.05, 4.69) is 10.3 Å². The SMILES string of the molecule is C/C=C/C(F)(F)CCNC(=O)c1ccc2c(c1)N=C(c1ccccn1)c1ccccc1S2. The number of aliphatic imine (C=N–C) groups is 1. The van der Waals surface area contributed by atoms with Crippen molar-refractivity contribution < 1.29 is 13.6 Å². The molecule has 0 saturated carbocycles. The lowest BCUT2D eigenvalue weighted by atomic mass is 10.1. The van der Waals surface area contributed by atoms with Crippen molar-refractivity contribution in [2.24, 2.45) is 4.99 Å². The zero-order valence-corrected chi connectivity index (χ0v) is 18.2. The van der Waals surface area contributed by atoms with Crippen LogP contribution in [0.3, 0.4) is 0 Å². The zero-order valence-electron chi connectivity index (χ0n) is 17.4. The van der Waals surface area contributed by atoms with Crippen molar-refractivity contribution in [1.29, 1.82) is 0 Å². The van der Waals surface area contributed by atoms with Gasteiger partial charge in [-0.3, -0.25) is 9.78 Å². The molecule has 0 radical (unpaired) electrons. The van der Waals surface area contributed by atoms with Crippen molar-refractivity contribution in [2.75, 3.05) is 6.54 Å². The van der Waals surface area contributed by atoms with E-state index < -0.39 is 18.3 Å². The summed E-state index contributed by atoms with van der Waals surface area (Å²) in [7, 11) is 0. The van der Waals surface area contributed by atoms with Gasteiger partial charge in [-0.2, -0.15) is 0 Å². The number of allylic oxidation sites excluding steroid dienone is 2. The number of benzene rings is 2. The van der Waals surface area contributed by atoms with Crippen molar-refractivity contribution in [3.05, 3.63) is 95.8 Å². The van der Waals surface area contributed by atoms with Crippen LogP contribution in [0.25, 0.3) is 0 Å². The molecule has 0 saturated heterocycles. The van der Waals surface area contributed by atoms with E-state index >= 15 is 0 Å². The fourth-order valence-corrected chi connectivity index (χ4v) is 4.36. The highest BCUT2D eigenvalue weighted by Crippen LogP contribution is 2.41. The number of nitrogens with zero attached hydrogens (tertiary/aromatic N) is 2. The minimum atomic E-state index is -2.94. The number of hydrogen-bond acceptors (Lipinski definition) is 4. The Balaban J connectivity index is 1.64. The lowest BCUT2D eigenvalue weighted by molar-refractivity contribution is 0.0455. The Morgan fingerprint density at radius 1 is 1.09 bits per heavy atom. The molecule has 0 bridgehead atoms. The molecule has 2 aromatic carbocycles. The molecular weight excluding hydrogens is 428 g/mol. The molecule has 0 atom stereocenters. The molecule has 1 aliphatic heterocycles. The second kappa shape index (κ2) is 9.44. The van der Waals surface area contributed by atoms with E-state index in [1.165, 1.54) is 13.0 Å². The van der Waals surface area contributed by atoms with Crippen molar-refractivity contribution in [2.45, 2.75) is 29.1 Å². The van der Waals surface area contributed by atoms with Crippen LogP contribution < -0.4 is 5.32 Å². The molecule has 3 aromatic rings. The molecule has 0 unspecified atom stereocenters. The summed E-state index contributed by atoms with van der Waals surface area (Å²) < 4.78 is 27.2. The second-order valence-corrected chi connectivity index (χ2v) is 8.31. The lowest BCUT2D eigenvalue weighted by Gasteiger charge is -2.12. The summed E-state index contributed by atoms with van der Waals surface area (Å²) in [5, 5.41) is 2.58.